The maximum Gasteiger partial charge on any atom is 0.0695 e. The molecule has 3 heteroatoms. The highest BCUT2D eigenvalue weighted by atomic mass is 35.5. The normalized spacial score (nSPS) is 11.1. The van der Waals surface area contributed by atoms with Gasteiger partial charge in [-0.1, -0.05) is 30.7 Å². The molecule has 0 unspecified atom stereocenters. The molecule has 1 aromatic carbocycles. The van der Waals surface area contributed by atoms with Gasteiger partial charge in [-0.3, -0.25) is 0 Å². The molecule has 1 N–H and O–H groups in total. The van der Waals surface area contributed by atoms with E-state index in [2.05, 4.69) is 6.92 Å². The Morgan fingerprint density at radius 3 is 2.71 bits per heavy atom. The summed E-state index contributed by atoms with van der Waals surface area (Å²) in [6.45, 7) is 2.19. The minimum Gasteiger partial charge on any atom is -0.392 e. The molecule has 1 nitrogen and oxygen atoms in total. The molecule has 0 saturated carbocycles. The maximum absolute atomic E-state index is 9.17. The summed E-state index contributed by atoms with van der Waals surface area (Å²) in [4.78, 5) is 0. The van der Waals surface area contributed by atoms with Crippen LogP contribution in [0.4, 0.5) is 0 Å². The Balaban J connectivity index is 2.81. The highest BCUT2D eigenvalue weighted by Gasteiger charge is 2.09. The van der Waals surface area contributed by atoms with E-state index in [-0.39, 0.29) is 6.61 Å². The van der Waals surface area contributed by atoms with Crippen molar-refractivity contribution in [3.8, 4) is 0 Å². The summed E-state index contributed by atoms with van der Waals surface area (Å²) in [5, 5.41) is 13.0. The van der Waals surface area contributed by atoms with E-state index < -0.39 is 0 Å². The van der Waals surface area contributed by atoms with E-state index >= 15 is 0 Å². The van der Waals surface area contributed by atoms with Crippen LogP contribution >= 0.6 is 22.9 Å². The Morgan fingerprint density at radius 1 is 1.36 bits per heavy atom. The van der Waals surface area contributed by atoms with Crippen LogP contribution in [-0.2, 0) is 13.0 Å². The van der Waals surface area contributed by atoms with E-state index in [1.165, 1.54) is 5.56 Å². The molecule has 14 heavy (non-hydrogen) atoms. The van der Waals surface area contributed by atoms with Gasteiger partial charge in [-0.05, 0) is 17.5 Å². The van der Waals surface area contributed by atoms with Gasteiger partial charge in [0.25, 0.3) is 0 Å². The zero-order valence-corrected chi connectivity index (χ0v) is 9.45. The Hall–Kier alpha value is -0.570. The number of aliphatic hydroxyl groups is 1. The number of aliphatic hydroxyl groups excluding tert-OH is 1. The molecule has 74 valence electrons. The van der Waals surface area contributed by atoms with Gasteiger partial charge in [0.1, 0.15) is 0 Å². The third-order valence-corrected chi connectivity index (χ3v) is 3.88. The van der Waals surface area contributed by atoms with Crippen LogP contribution in [0.25, 0.3) is 10.1 Å². The van der Waals surface area contributed by atoms with Crippen molar-refractivity contribution in [2.45, 2.75) is 20.0 Å². The fraction of sp³-hybridized carbons (Fsp3) is 0.273. The molecular formula is C11H11ClOS. The van der Waals surface area contributed by atoms with Crippen LogP contribution in [0.15, 0.2) is 17.5 Å². The number of benzene rings is 1. The second kappa shape index (κ2) is 3.89. The molecule has 0 saturated heterocycles. The standard InChI is InChI=1S/C11H11ClOS/c1-2-7-3-4-8(5-13)11-10(7)9(12)6-14-11/h3-4,6,13H,2,5H2,1H3. The number of thiophene rings is 1. The van der Waals surface area contributed by atoms with E-state index in [1.54, 1.807) is 11.3 Å². The van der Waals surface area contributed by atoms with Gasteiger partial charge in [-0.15, -0.1) is 11.3 Å². The first-order valence-electron chi connectivity index (χ1n) is 4.56. The van der Waals surface area contributed by atoms with Crippen LogP contribution in [-0.4, -0.2) is 5.11 Å². The van der Waals surface area contributed by atoms with Crippen molar-refractivity contribution in [3.63, 3.8) is 0 Å². The topological polar surface area (TPSA) is 20.2 Å². The maximum atomic E-state index is 9.17. The summed E-state index contributed by atoms with van der Waals surface area (Å²) in [5.41, 5.74) is 2.22. The Bertz CT molecular complexity index is 462. The summed E-state index contributed by atoms with van der Waals surface area (Å²) in [6.07, 6.45) is 0.971. The van der Waals surface area contributed by atoms with Crippen molar-refractivity contribution in [1.29, 1.82) is 0 Å². The van der Waals surface area contributed by atoms with Crippen LogP contribution in [0.5, 0.6) is 0 Å². The van der Waals surface area contributed by atoms with Crippen LogP contribution in [0.1, 0.15) is 18.1 Å². The van der Waals surface area contributed by atoms with E-state index in [9.17, 15) is 5.11 Å². The van der Waals surface area contributed by atoms with Crippen LogP contribution in [0, 0.1) is 0 Å². The van der Waals surface area contributed by atoms with E-state index in [1.807, 2.05) is 17.5 Å². The van der Waals surface area contributed by atoms with Crippen LogP contribution in [0.2, 0.25) is 5.02 Å². The SMILES string of the molecule is CCc1ccc(CO)c2scc(Cl)c12. The summed E-state index contributed by atoms with van der Waals surface area (Å²) < 4.78 is 1.12. The molecule has 0 bridgehead atoms. The minimum absolute atomic E-state index is 0.0807. The molecule has 2 aromatic rings. The molecule has 1 aromatic heterocycles. The van der Waals surface area contributed by atoms with Gasteiger partial charge in [0.2, 0.25) is 0 Å². The van der Waals surface area contributed by atoms with Gasteiger partial charge < -0.3 is 5.11 Å². The number of hydrogen-bond donors (Lipinski definition) is 1. The molecular weight excluding hydrogens is 216 g/mol. The van der Waals surface area contributed by atoms with Crippen molar-refractivity contribution in [3.05, 3.63) is 33.7 Å². The van der Waals surface area contributed by atoms with Gasteiger partial charge in [-0.25, -0.2) is 0 Å². The predicted molar refractivity (Wildman–Crippen MR) is 62.1 cm³/mol. The summed E-state index contributed by atoms with van der Waals surface area (Å²) in [5.74, 6) is 0. The van der Waals surface area contributed by atoms with E-state index in [0.29, 0.717) is 0 Å². The van der Waals surface area contributed by atoms with Gasteiger partial charge >= 0.3 is 0 Å². The van der Waals surface area contributed by atoms with Crippen molar-refractivity contribution in [2.75, 3.05) is 0 Å². The molecule has 0 aliphatic rings. The smallest absolute Gasteiger partial charge is 0.0695 e. The largest absolute Gasteiger partial charge is 0.392 e. The third kappa shape index (κ3) is 1.44. The summed E-state index contributed by atoms with van der Waals surface area (Å²) in [7, 11) is 0. The molecule has 0 atom stereocenters. The third-order valence-electron chi connectivity index (χ3n) is 2.40. The molecule has 0 fully saturated rings. The molecule has 0 aliphatic carbocycles. The zero-order chi connectivity index (χ0) is 10.1. The molecule has 2 rings (SSSR count). The lowest BCUT2D eigenvalue weighted by Gasteiger charge is -2.04. The van der Waals surface area contributed by atoms with Crippen LogP contribution in [0.3, 0.4) is 0 Å². The van der Waals surface area contributed by atoms with Gasteiger partial charge in [0.05, 0.1) is 11.6 Å². The second-order valence-corrected chi connectivity index (χ2v) is 4.47. The Kier molecular flexibility index (Phi) is 2.77. The fourth-order valence-electron chi connectivity index (χ4n) is 1.65. The molecule has 0 spiro atoms. The summed E-state index contributed by atoms with van der Waals surface area (Å²) >= 11 is 7.72. The van der Waals surface area contributed by atoms with Crippen molar-refractivity contribution in [1.82, 2.24) is 0 Å². The van der Waals surface area contributed by atoms with Crippen molar-refractivity contribution in [2.24, 2.45) is 0 Å². The average Bonchev–Trinajstić information content (AvgIpc) is 2.60. The molecule has 0 amide bonds. The number of hydrogen-bond acceptors (Lipinski definition) is 2. The van der Waals surface area contributed by atoms with Gasteiger partial charge in [-0.2, -0.15) is 0 Å². The lowest BCUT2D eigenvalue weighted by Crippen LogP contribution is -1.87. The van der Waals surface area contributed by atoms with Crippen LogP contribution < -0.4 is 0 Å². The number of halogens is 1. The number of aryl methyl sites for hydroxylation is 1. The molecule has 1 heterocycles. The number of rotatable bonds is 2. The quantitative estimate of drug-likeness (QED) is 0.830. The first-order valence-corrected chi connectivity index (χ1v) is 5.82. The number of fused-ring (bicyclic) bond motifs is 1. The van der Waals surface area contributed by atoms with Crippen molar-refractivity contribution < 1.29 is 5.11 Å². The fourth-order valence-corrected chi connectivity index (χ4v) is 3.04. The highest BCUT2D eigenvalue weighted by molar-refractivity contribution is 7.18. The minimum atomic E-state index is 0.0807. The highest BCUT2D eigenvalue weighted by Crippen LogP contribution is 2.35. The Morgan fingerprint density at radius 2 is 2.07 bits per heavy atom. The van der Waals surface area contributed by atoms with Gasteiger partial charge in [0, 0.05) is 15.5 Å². The van der Waals surface area contributed by atoms with E-state index in [4.69, 9.17) is 11.6 Å². The first kappa shape index (κ1) is 9.97. The van der Waals surface area contributed by atoms with E-state index in [0.717, 1.165) is 27.1 Å². The predicted octanol–water partition coefficient (Wildman–Crippen LogP) is 3.61. The molecule has 0 radical (unpaired) electrons. The van der Waals surface area contributed by atoms with Gasteiger partial charge in [0.15, 0.2) is 0 Å². The zero-order valence-electron chi connectivity index (χ0n) is 7.88. The first-order chi connectivity index (χ1) is 6.77. The molecule has 0 aliphatic heterocycles. The average molecular weight is 227 g/mol. The second-order valence-electron chi connectivity index (χ2n) is 3.18. The summed E-state index contributed by atoms with van der Waals surface area (Å²) in [6, 6.07) is 4.03. The Labute approximate surface area is 91.9 Å². The lowest BCUT2D eigenvalue weighted by molar-refractivity contribution is 0.283. The monoisotopic (exact) mass is 226 g/mol. The lowest BCUT2D eigenvalue weighted by atomic mass is 10.1. The van der Waals surface area contributed by atoms with Crippen molar-refractivity contribution >= 4 is 33.0 Å².